The van der Waals surface area contributed by atoms with Gasteiger partial charge in [0.05, 0.1) is 17.2 Å². The topological polar surface area (TPSA) is 154 Å². The van der Waals surface area contributed by atoms with Crippen LogP contribution < -0.4 is 16.8 Å². The summed E-state index contributed by atoms with van der Waals surface area (Å²) in [6.45, 7) is -1.92. The first-order chi connectivity index (χ1) is 17.1. The predicted molar refractivity (Wildman–Crippen MR) is 125 cm³/mol. The summed E-state index contributed by atoms with van der Waals surface area (Å²) in [7, 11) is 0. The lowest BCUT2D eigenvalue weighted by atomic mass is 9.63. The Morgan fingerprint density at radius 1 is 1.08 bits per heavy atom. The molecule has 1 aliphatic rings. The van der Waals surface area contributed by atoms with Gasteiger partial charge in [0.1, 0.15) is 18.9 Å². The molecule has 0 unspecified atom stereocenters. The Morgan fingerprint density at radius 2 is 1.75 bits per heavy atom. The summed E-state index contributed by atoms with van der Waals surface area (Å²) in [5, 5.41) is 5.60. The number of rotatable bonds is 7. The molecule has 1 aliphatic carbocycles. The second-order valence-electron chi connectivity index (χ2n) is 8.46. The molecule has 1 fully saturated rings. The Labute approximate surface area is 203 Å². The molecule has 0 spiro atoms. The van der Waals surface area contributed by atoms with Crippen LogP contribution in [0, 0.1) is 0 Å². The molecule has 0 aliphatic heterocycles. The highest BCUT2D eigenvalue weighted by molar-refractivity contribution is 6.06. The summed E-state index contributed by atoms with van der Waals surface area (Å²) in [4.78, 5) is 36.4. The highest BCUT2D eigenvalue weighted by Gasteiger charge is 2.43. The smallest absolute Gasteiger partial charge is 0.386 e. The van der Waals surface area contributed by atoms with Crippen LogP contribution in [0.1, 0.15) is 35.2 Å². The lowest BCUT2D eigenvalue weighted by molar-refractivity contribution is -0.138. The molecular formula is C23H23F3N8O2. The van der Waals surface area contributed by atoms with Gasteiger partial charge in [0.25, 0.3) is 5.91 Å². The van der Waals surface area contributed by atoms with E-state index < -0.39 is 36.5 Å². The molecule has 0 saturated heterocycles. The van der Waals surface area contributed by atoms with Gasteiger partial charge in [-0.1, -0.05) is 30.7 Å². The average molecular weight is 500 g/mol. The van der Waals surface area contributed by atoms with Crippen LogP contribution in [-0.4, -0.2) is 50.1 Å². The zero-order valence-electron chi connectivity index (χ0n) is 19.0. The maximum atomic E-state index is 12.7. The number of amides is 2. The van der Waals surface area contributed by atoms with E-state index in [1.807, 2.05) is 24.3 Å². The number of amidine groups is 1. The van der Waals surface area contributed by atoms with Crippen LogP contribution in [0.25, 0.3) is 11.1 Å². The molecule has 0 atom stereocenters. The van der Waals surface area contributed by atoms with E-state index in [0.717, 1.165) is 40.6 Å². The van der Waals surface area contributed by atoms with E-state index in [0.29, 0.717) is 0 Å². The van der Waals surface area contributed by atoms with Gasteiger partial charge in [0.2, 0.25) is 11.9 Å². The number of nitrogens with two attached hydrogens (primary N) is 2. The number of aliphatic imine (C=N–C) groups is 1. The number of nitrogen functional groups attached to an aromatic ring is 1. The first kappa shape index (κ1) is 24.8. The summed E-state index contributed by atoms with van der Waals surface area (Å²) in [5.74, 6) is -1.19. The van der Waals surface area contributed by atoms with E-state index in [1.165, 1.54) is 12.4 Å². The van der Waals surface area contributed by atoms with Gasteiger partial charge in [0.15, 0.2) is 0 Å². The molecule has 2 amide bonds. The van der Waals surface area contributed by atoms with Gasteiger partial charge >= 0.3 is 6.18 Å². The van der Waals surface area contributed by atoms with E-state index in [1.54, 1.807) is 17.7 Å². The molecular weight excluding hydrogens is 477 g/mol. The quantitative estimate of drug-likeness (QED) is 0.332. The first-order valence-corrected chi connectivity index (χ1v) is 11.0. The highest BCUT2D eigenvalue weighted by Crippen LogP contribution is 2.44. The first-order valence-electron chi connectivity index (χ1n) is 11.0. The van der Waals surface area contributed by atoms with Crippen LogP contribution in [0.15, 0.2) is 54.0 Å². The number of hydrogen-bond donors (Lipinski definition) is 3. The van der Waals surface area contributed by atoms with Crippen LogP contribution in [0.5, 0.6) is 0 Å². The van der Waals surface area contributed by atoms with E-state index in [2.05, 4.69) is 20.1 Å². The number of benzene rings is 1. The zero-order chi connectivity index (χ0) is 25.9. The Kier molecular flexibility index (Phi) is 6.73. The van der Waals surface area contributed by atoms with Gasteiger partial charge in [-0.3, -0.25) is 14.3 Å². The van der Waals surface area contributed by atoms with Crippen molar-refractivity contribution in [2.75, 3.05) is 12.3 Å². The second-order valence-corrected chi connectivity index (χ2v) is 8.46. The van der Waals surface area contributed by atoms with Crippen molar-refractivity contribution in [1.29, 1.82) is 0 Å². The number of carbonyl (C=O) groups excluding carboxylic acids is 2. The van der Waals surface area contributed by atoms with Crippen LogP contribution in [0.3, 0.4) is 0 Å². The number of halogens is 3. The summed E-state index contributed by atoms with van der Waals surface area (Å²) in [6.07, 6.45) is 3.53. The molecule has 2 heterocycles. The molecule has 2 aromatic heterocycles. The van der Waals surface area contributed by atoms with Crippen molar-refractivity contribution in [2.45, 2.75) is 37.4 Å². The zero-order valence-corrected chi connectivity index (χ0v) is 19.0. The molecule has 1 saturated carbocycles. The molecule has 10 nitrogen and oxygen atoms in total. The minimum Gasteiger partial charge on any atom is -0.386 e. The fraction of sp³-hybridized carbons (Fsp3) is 0.304. The molecule has 4 rings (SSSR count). The number of aromatic nitrogens is 4. The molecule has 0 radical (unpaired) electrons. The standard InChI is InChI=1S/C23H23F3N8O2/c24-23(25,26)13-31-18(35)12-34-11-16(10-32-34)19(36)33-20(27)22(6-1-7-22)17-4-2-14(3-5-17)15-8-29-21(28)30-9-15/h2-5,8-11H,1,6-7,12-13H2,(H,31,35)(H2,27,33,36)(H2,28,29,30). The van der Waals surface area contributed by atoms with Gasteiger partial charge in [-0.15, -0.1) is 0 Å². The minimum atomic E-state index is -4.52. The summed E-state index contributed by atoms with van der Waals surface area (Å²) in [6, 6.07) is 7.67. The third-order valence-corrected chi connectivity index (χ3v) is 6.03. The molecule has 3 aromatic rings. The number of nitrogens with zero attached hydrogens (tertiary/aromatic N) is 5. The minimum absolute atomic E-state index is 0.0646. The Balaban J connectivity index is 1.45. The molecule has 5 N–H and O–H groups in total. The van der Waals surface area contributed by atoms with E-state index in [4.69, 9.17) is 11.5 Å². The van der Waals surface area contributed by atoms with E-state index in [-0.39, 0.29) is 17.3 Å². The average Bonchev–Trinajstić information content (AvgIpc) is 3.26. The lowest BCUT2D eigenvalue weighted by Gasteiger charge is -2.41. The molecule has 36 heavy (non-hydrogen) atoms. The lowest BCUT2D eigenvalue weighted by Crippen LogP contribution is -2.47. The number of hydrogen-bond acceptors (Lipinski definition) is 6. The van der Waals surface area contributed by atoms with Crippen LogP contribution in [0.2, 0.25) is 0 Å². The maximum absolute atomic E-state index is 12.7. The maximum Gasteiger partial charge on any atom is 0.405 e. The predicted octanol–water partition coefficient (Wildman–Crippen LogP) is 2.22. The van der Waals surface area contributed by atoms with Crippen molar-refractivity contribution in [3.05, 3.63) is 60.2 Å². The summed E-state index contributed by atoms with van der Waals surface area (Å²) >= 11 is 0. The third kappa shape index (κ3) is 5.50. The van der Waals surface area contributed by atoms with Crippen LogP contribution in [-0.2, 0) is 16.8 Å². The van der Waals surface area contributed by atoms with Crippen molar-refractivity contribution in [1.82, 2.24) is 25.1 Å². The van der Waals surface area contributed by atoms with Crippen molar-refractivity contribution < 1.29 is 22.8 Å². The van der Waals surface area contributed by atoms with Crippen molar-refractivity contribution >= 4 is 23.6 Å². The monoisotopic (exact) mass is 500 g/mol. The fourth-order valence-corrected chi connectivity index (χ4v) is 3.94. The van der Waals surface area contributed by atoms with Gasteiger partial charge < -0.3 is 16.8 Å². The van der Waals surface area contributed by atoms with Crippen LogP contribution in [0.4, 0.5) is 19.1 Å². The van der Waals surface area contributed by atoms with Gasteiger partial charge in [-0.2, -0.15) is 23.3 Å². The number of nitrogens with one attached hydrogen (secondary N) is 1. The van der Waals surface area contributed by atoms with Crippen molar-refractivity contribution in [2.24, 2.45) is 10.7 Å². The van der Waals surface area contributed by atoms with Crippen molar-refractivity contribution in [3.8, 4) is 11.1 Å². The largest absolute Gasteiger partial charge is 0.405 e. The molecule has 1 aromatic carbocycles. The highest BCUT2D eigenvalue weighted by atomic mass is 19.4. The normalized spacial score (nSPS) is 15.2. The van der Waals surface area contributed by atoms with Gasteiger partial charge in [-0.25, -0.2) is 9.97 Å². The summed E-state index contributed by atoms with van der Waals surface area (Å²) in [5.41, 5.74) is 14.0. The SMILES string of the molecule is NC(=NC(=O)c1cnn(CC(=O)NCC(F)(F)F)c1)C1(c2ccc(-c3cnc(N)nc3)cc2)CCC1. The van der Waals surface area contributed by atoms with Crippen molar-refractivity contribution in [3.63, 3.8) is 0 Å². The number of anilines is 1. The molecule has 188 valence electrons. The molecule has 0 bridgehead atoms. The third-order valence-electron chi connectivity index (χ3n) is 6.03. The van der Waals surface area contributed by atoms with E-state index >= 15 is 0 Å². The molecule has 13 heteroatoms. The second kappa shape index (κ2) is 9.76. The number of carbonyl (C=O) groups is 2. The Hall–Kier alpha value is -4.29. The van der Waals surface area contributed by atoms with Gasteiger partial charge in [-0.05, 0) is 24.0 Å². The Morgan fingerprint density at radius 3 is 2.33 bits per heavy atom. The van der Waals surface area contributed by atoms with Gasteiger partial charge in [0, 0.05) is 24.2 Å². The summed E-state index contributed by atoms with van der Waals surface area (Å²) < 4.78 is 37.8. The van der Waals surface area contributed by atoms with E-state index in [9.17, 15) is 22.8 Å². The fourth-order valence-electron chi connectivity index (χ4n) is 3.94. The number of alkyl halides is 3. The van der Waals surface area contributed by atoms with Crippen LogP contribution >= 0.6 is 0 Å². The Bertz CT molecular complexity index is 1280.